The van der Waals surface area contributed by atoms with E-state index in [1.165, 1.54) is 18.5 Å². The van der Waals surface area contributed by atoms with Crippen LogP contribution in [0.2, 0.25) is 0 Å². The zero-order chi connectivity index (χ0) is 12.7. The molecule has 1 heterocycles. The number of aromatic nitrogens is 2. The van der Waals surface area contributed by atoms with E-state index in [2.05, 4.69) is 45.3 Å². The van der Waals surface area contributed by atoms with E-state index in [9.17, 15) is 0 Å². The van der Waals surface area contributed by atoms with E-state index in [0.29, 0.717) is 5.92 Å². The molecule has 0 saturated heterocycles. The minimum atomic E-state index is 0.0509. The highest BCUT2D eigenvalue weighted by Crippen LogP contribution is 2.39. The fourth-order valence-corrected chi connectivity index (χ4v) is 2.64. The van der Waals surface area contributed by atoms with E-state index in [4.69, 9.17) is 5.73 Å². The first-order valence-corrected chi connectivity index (χ1v) is 7.05. The zero-order valence-corrected chi connectivity index (χ0v) is 11.9. The Morgan fingerprint density at radius 1 is 1.39 bits per heavy atom. The normalized spacial score (nSPS) is 16.8. The van der Waals surface area contributed by atoms with Crippen LogP contribution in [0.5, 0.6) is 0 Å². The van der Waals surface area contributed by atoms with Gasteiger partial charge in [-0.25, -0.2) is 4.68 Å². The quantitative estimate of drug-likeness (QED) is 0.942. The number of hydrogen-bond acceptors (Lipinski definition) is 2. The SMILES string of the molecule is C[C@H](N)c1ccc(-n2ccc(C3CC3)n2)c(Br)c1. The Morgan fingerprint density at radius 3 is 2.78 bits per heavy atom. The lowest BCUT2D eigenvalue weighted by Gasteiger charge is -2.09. The van der Waals surface area contributed by atoms with Gasteiger partial charge in [0.2, 0.25) is 0 Å². The summed E-state index contributed by atoms with van der Waals surface area (Å²) in [7, 11) is 0. The van der Waals surface area contributed by atoms with Gasteiger partial charge in [0.1, 0.15) is 0 Å². The maximum atomic E-state index is 5.88. The predicted octanol–water partition coefficient (Wildman–Crippen LogP) is 3.53. The first-order valence-electron chi connectivity index (χ1n) is 6.26. The molecule has 1 aliphatic rings. The van der Waals surface area contributed by atoms with Gasteiger partial charge in [-0.1, -0.05) is 6.07 Å². The average molecular weight is 306 g/mol. The van der Waals surface area contributed by atoms with Crippen LogP contribution in [0.15, 0.2) is 34.9 Å². The molecule has 1 aromatic heterocycles. The van der Waals surface area contributed by atoms with E-state index >= 15 is 0 Å². The molecule has 3 nitrogen and oxygen atoms in total. The summed E-state index contributed by atoms with van der Waals surface area (Å²) in [5.74, 6) is 0.688. The number of benzene rings is 1. The Kier molecular flexibility index (Phi) is 2.99. The van der Waals surface area contributed by atoms with Crippen molar-refractivity contribution < 1.29 is 0 Å². The fourth-order valence-electron chi connectivity index (χ4n) is 2.06. The lowest BCUT2D eigenvalue weighted by molar-refractivity contribution is 0.807. The molecule has 1 saturated carbocycles. The summed E-state index contributed by atoms with van der Waals surface area (Å²) >= 11 is 3.60. The molecule has 0 radical (unpaired) electrons. The van der Waals surface area contributed by atoms with Crippen molar-refractivity contribution in [3.63, 3.8) is 0 Å². The van der Waals surface area contributed by atoms with Crippen LogP contribution >= 0.6 is 15.9 Å². The molecule has 3 rings (SSSR count). The van der Waals surface area contributed by atoms with Crippen LogP contribution in [0.3, 0.4) is 0 Å². The molecule has 0 amide bonds. The lowest BCUT2D eigenvalue weighted by atomic mass is 10.1. The summed E-state index contributed by atoms with van der Waals surface area (Å²) in [6.45, 7) is 1.99. The van der Waals surface area contributed by atoms with Crippen molar-refractivity contribution in [3.05, 3.63) is 46.2 Å². The van der Waals surface area contributed by atoms with Gasteiger partial charge in [0.05, 0.1) is 11.4 Å². The van der Waals surface area contributed by atoms with Crippen molar-refractivity contribution in [2.24, 2.45) is 5.73 Å². The van der Waals surface area contributed by atoms with Crippen molar-refractivity contribution in [1.29, 1.82) is 0 Å². The van der Waals surface area contributed by atoms with E-state index in [1.807, 2.05) is 17.8 Å². The molecule has 0 spiro atoms. The van der Waals surface area contributed by atoms with Crippen LogP contribution in [0, 0.1) is 0 Å². The number of hydrogen-bond donors (Lipinski definition) is 1. The standard InChI is InChI=1S/C14H16BrN3/c1-9(16)11-4-5-14(12(15)8-11)18-7-6-13(17-18)10-2-3-10/h4-10H,2-3,16H2,1H3/t9-/m0/s1. The van der Waals surface area contributed by atoms with Gasteiger partial charge in [0.15, 0.2) is 0 Å². The minimum absolute atomic E-state index is 0.0509. The van der Waals surface area contributed by atoms with E-state index in [0.717, 1.165) is 15.7 Å². The predicted molar refractivity (Wildman–Crippen MR) is 75.8 cm³/mol. The molecule has 2 aromatic rings. The fraction of sp³-hybridized carbons (Fsp3) is 0.357. The van der Waals surface area contributed by atoms with Gasteiger partial charge in [-0.05, 0) is 59.5 Å². The molecule has 4 heteroatoms. The number of halogens is 1. The summed E-state index contributed by atoms with van der Waals surface area (Å²) in [5.41, 5.74) is 9.27. The van der Waals surface area contributed by atoms with Crippen molar-refractivity contribution in [1.82, 2.24) is 9.78 Å². The lowest BCUT2D eigenvalue weighted by Crippen LogP contribution is -2.06. The zero-order valence-electron chi connectivity index (χ0n) is 10.3. The molecule has 1 aliphatic carbocycles. The van der Waals surface area contributed by atoms with Gasteiger partial charge in [-0.2, -0.15) is 5.10 Å². The van der Waals surface area contributed by atoms with Gasteiger partial charge in [-0.3, -0.25) is 0 Å². The second-order valence-electron chi connectivity index (χ2n) is 4.96. The Morgan fingerprint density at radius 2 is 2.17 bits per heavy atom. The summed E-state index contributed by atoms with van der Waals surface area (Å²) in [6.07, 6.45) is 4.59. The van der Waals surface area contributed by atoms with Crippen molar-refractivity contribution in [2.45, 2.75) is 31.7 Å². The van der Waals surface area contributed by atoms with E-state index in [1.54, 1.807) is 0 Å². The maximum absolute atomic E-state index is 5.88. The highest BCUT2D eigenvalue weighted by Gasteiger charge is 2.26. The second-order valence-corrected chi connectivity index (χ2v) is 5.81. The van der Waals surface area contributed by atoms with Crippen LogP contribution in [0.25, 0.3) is 5.69 Å². The van der Waals surface area contributed by atoms with Gasteiger partial charge < -0.3 is 5.73 Å². The van der Waals surface area contributed by atoms with Gasteiger partial charge in [0.25, 0.3) is 0 Å². The van der Waals surface area contributed by atoms with Crippen LogP contribution in [0.4, 0.5) is 0 Å². The monoisotopic (exact) mass is 305 g/mol. The molecular formula is C14H16BrN3. The molecule has 0 bridgehead atoms. The van der Waals surface area contributed by atoms with Gasteiger partial charge >= 0.3 is 0 Å². The molecule has 2 N–H and O–H groups in total. The van der Waals surface area contributed by atoms with Crippen molar-refractivity contribution >= 4 is 15.9 Å². The van der Waals surface area contributed by atoms with Crippen molar-refractivity contribution in [2.75, 3.05) is 0 Å². The summed E-state index contributed by atoms with van der Waals surface area (Å²) in [4.78, 5) is 0. The Bertz CT molecular complexity index is 570. The van der Waals surface area contributed by atoms with Crippen molar-refractivity contribution in [3.8, 4) is 5.69 Å². The van der Waals surface area contributed by atoms with E-state index in [-0.39, 0.29) is 6.04 Å². The number of rotatable bonds is 3. The maximum Gasteiger partial charge on any atom is 0.0787 e. The molecule has 1 fully saturated rings. The molecule has 0 unspecified atom stereocenters. The molecule has 0 aliphatic heterocycles. The molecule has 1 aromatic carbocycles. The Labute approximate surface area is 115 Å². The highest BCUT2D eigenvalue weighted by molar-refractivity contribution is 9.10. The van der Waals surface area contributed by atoms with Crippen LogP contribution in [0.1, 0.15) is 43.0 Å². The number of nitrogens with two attached hydrogens (primary N) is 1. The topological polar surface area (TPSA) is 43.8 Å². The highest BCUT2D eigenvalue weighted by atomic mass is 79.9. The summed E-state index contributed by atoms with van der Waals surface area (Å²) < 4.78 is 2.96. The largest absolute Gasteiger partial charge is 0.324 e. The number of nitrogens with zero attached hydrogens (tertiary/aromatic N) is 2. The Hall–Kier alpha value is -1.13. The molecule has 1 atom stereocenters. The summed E-state index contributed by atoms with van der Waals surface area (Å²) in [5, 5.41) is 4.63. The first kappa shape index (κ1) is 11.9. The first-order chi connectivity index (χ1) is 8.65. The molecule has 94 valence electrons. The summed E-state index contributed by atoms with van der Waals surface area (Å²) in [6, 6.07) is 8.35. The van der Waals surface area contributed by atoms with Crippen LogP contribution in [-0.2, 0) is 0 Å². The smallest absolute Gasteiger partial charge is 0.0787 e. The van der Waals surface area contributed by atoms with Crippen LogP contribution in [-0.4, -0.2) is 9.78 Å². The second kappa shape index (κ2) is 4.52. The average Bonchev–Trinajstić information content (AvgIpc) is 3.08. The van der Waals surface area contributed by atoms with E-state index < -0.39 is 0 Å². The third-order valence-corrected chi connectivity index (χ3v) is 3.98. The minimum Gasteiger partial charge on any atom is -0.324 e. The van der Waals surface area contributed by atoms with Crippen LogP contribution < -0.4 is 5.73 Å². The van der Waals surface area contributed by atoms with Gasteiger partial charge in [-0.15, -0.1) is 0 Å². The van der Waals surface area contributed by atoms with Gasteiger partial charge in [0, 0.05) is 22.6 Å². The molecule has 18 heavy (non-hydrogen) atoms. The molecular weight excluding hydrogens is 290 g/mol. The Balaban J connectivity index is 1.94. The third-order valence-electron chi connectivity index (χ3n) is 3.35. The third kappa shape index (κ3) is 2.22.